The van der Waals surface area contributed by atoms with Gasteiger partial charge >= 0.3 is 0 Å². The third-order valence-electron chi connectivity index (χ3n) is 3.62. The highest BCUT2D eigenvalue weighted by atomic mass is 32.2. The number of nitrogens with two attached hydrogens (primary N) is 1. The maximum atomic E-state index is 11.1. The Kier molecular flexibility index (Phi) is 5.15. The molecule has 26 heavy (non-hydrogen) atoms. The first-order chi connectivity index (χ1) is 12.4. The molecule has 2 aromatic carbocycles. The van der Waals surface area contributed by atoms with E-state index in [1.54, 1.807) is 43.6 Å². The van der Waals surface area contributed by atoms with Gasteiger partial charge in [0.15, 0.2) is 0 Å². The summed E-state index contributed by atoms with van der Waals surface area (Å²) in [7, 11) is -1.94. The lowest BCUT2D eigenvalue weighted by atomic mass is 10.1. The number of nitrogens with zero attached hydrogens (tertiary/aromatic N) is 2. The molecule has 0 aliphatic rings. The molecule has 0 atom stereocenters. The molecule has 0 aliphatic carbocycles. The van der Waals surface area contributed by atoms with Gasteiger partial charge in [0, 0.05) is 17.4 Å². The van der Waals surface area contributed by atoms with Gasteiger partial charge in [0.2, 0.25) is 16.0 Å². The number of benzene rings is 2. The fourth-order valence-electron chi connectivity index (χ4n) is 2.47. The molecule has 0 radical (unpaired) electrons. The third-order valence-corrected chi connectivity index (χ3v) is 4.35. The van der Waals surface area contributed by atoms with Crippen LogP contribution in [0.5, 0.6) is 5.75 Å². The molecule has 7 nitrogen and oxygen atoms in total. The summed E-state index contributed by atoms with van der Waals surface area (Å²) in [5, 5.41) is 8.15. The Morgan fingerprint density at radius 3 is 2.50 bits per heavy atom. The minimum Gasteiger partial charge on any atom is -0.496 e. The summed E-state index contributed by atoms with van der Waals surface area (Å²) in [5.41, 5.74) is 2.94. The average Bonchev–Trinajstić information content (AvgIpc) is 2.62. The number of nitrogens with one attached hydrogen (secondary N) is 1. The fraction of sp³-hybridized carbons (Fsp3) is 0.111. The van der Waals surface area contributed by atoms with Crippen LogP contribution in [-0.2, 0) is 15.8 Å². The van der Waals surface area contributed by atoms with Crippen LogP contribution < -0.4 is 15.2 Å². The molecule has 0 spiro atoms. The molecule has 1 heterocycles. The number of para-hydroxylation sites is 1. The van der Waals surface area contributed by atoms with Gasteiger partial charge in [0.25, 0.3) is 0 Å². The van der Waals surface area contributed by atoms with Crippen molar-refractivity contribution in [2.75, 3.05) is 12.4 Å². The van der Waals surface area contributed by atoms with Gasteiger partial charge < -0.3 is 10.1 Å². The zero-order valence-electron chi connectivity index (χ0n) is 14.1. The summed E-state index contributed by atoms with van der Waals surface area (Å²) in [5.74, 6) is 0.949. The number of anilines is 2. The van der Waals surface area contributed by atoms with Crippen LogP contribution in [0.15, 0.2) is 60.8 Å². The second-order valence-corrected chi connectivity index (χ2v) is 7.21. The molecule has 8 heteroatoms. The average molecular weight is 370 g/mol. The standard InChI is InChI=1S/C18H18N4O3S/c1-25-17-5-3-2-4-15(17)16-10-11-20-18(22-16)21-14-8-6-13(7-9-14)12-26(19,23)24/h2-11H,12H2,1H3,(H2,19,23,24)(H,20,21,22). The van der Waals surface area contributed by atoms with E-state index in [1.807, 2.05) is 24.3 Å². The molecule has 0 unspecified atom stereocenters. The van der Waals surface area contributed by atoms with Crippen LogP contribution in [0.25, 0.3) is 11.3 Å². The second-order valence-electron chi connectivity index (χ2n) is 5.59. The monoisotopic (exact) mass is 370 g/mol. The number of rotatable bonds is 6. The van der Waals surface area contributed by atoms with Crippen molar-refractivity contribution in [3.63, 3.8) is 0 Å². The number of aromatic nitrogens is 2. The Morgan fingerprint density at radius 1 is 1.08 bits per heavy atom. The number of ether oxygens (including phenoxy) is 1. The van der Waals surface area contributed by atoms with E-state index >= 15 is 0 Å². The summed E-state index contributed by atoms with van der Waals surface area (Å²) < 4.78 is 27.6. The van der Waals surface area contributed by atoms with E-state index in [0.29, 0.717) is 11.5 Å². The van der Waals surface area contributed by atoms with Crippen LogP contribution >= 0.6 is 0 Å². The van der Waals surface area contributed by atoms with Crippen molar-refractivity contribution in [1.29, 1.82) is 0 Å². The van der Waals surface area contributed by atoms with E-state index in [9.17, 15) is 8.42 Å². The van der Waals surface area contributed by atoms with Crippen molar-refractivity contribution in [2.45, 2.75) is 5.75 Å². The molecule has 0 bridgehead atoms. The molecule has 3 rings (SSSR count). The Bertz CT molecular complexity index is 1000. The molecule has 134 valence electrons. The number of hydrogen-bond acceptors (Lipinski definition) is 6. The van der Waals surface area contributed by atoms with E-state index in [1.165, 1.54) is 0 Å². The van der Waals surface area contributed by atoms with E-state index in [0.717, 1.165) is 22.7 Å². The summed E-state index contributed by atoms with van der Waals surface area (Å²) in [4.78, 5) is 8.73. The SMILES string of the molecule is COc1ccccc1-c1ccnc(Nc2ccc(CS(N)(=O)=O)cc2)n1. The number of sulfonamides is 1. The molecule has 0 saturated heterocycles. The van der Waals surface area contributed by atoms with Crippen molar-refractivity contribution in [2.24, 2.45) is 5.14 Å². The van der Waals surface area contributed by atoms with Crippen LogP contribution in [0, 0.1) is 0 Å². The smallest absolute Gasteiger partial charge is 0.227 e. The summed E-state index contributed by atoms with van der Waals surface area (Å²) in [6.07, 6.45) is 1.66. The number of hydrogen-bond donors (Lipinski definition) is 2. The minimum absolute atomic E-state index is 0.201. The van der Waals surface area contributed by atoms with E-state index in [2.05, 4.69) is 15.3 Å². The predicted octanol–water partition coefficient (Wildman–Crippen LogP) is 2.68. The lowest BCUT2D eigenvalue weighted by molar-refractivity contribution is 0.416. The van der Waals surface area contributed by atoms with Crippen molar-refractivity contribution in [3.8, 4) is 17.0 Å². The molecule has 1 aromatic heterocycles. The summed E-state index contributed by atoms with van der Waals surface area (Å²) in [6.45, 7) is 0. The molecule has 3 N–H and O–H groups in total. The van der Waals surface area contributed by atoms with Crippen LogP contribution in [-0.4, -0.2) is 25.5 Å². The lowest BCUT2D eigenvalue weighted by Gasteiger charge is -2.10. The Labute approximate surface area is 151 Å². The normalized spacial score (nSPS) is 11.2. The fourth-order valence-corrected chi connectivity index (χ4v) is 3.13. The van der Waals surface area contributed by atoms with Gasteiger partial charge in [-0.1, -0.05) is 24.3 Å². The van der Waals surface area contributed by atoms with Gasteiger partial charge in [0.05, 0.1) is 18.6 Å². The van der Waals surface area contributed by atoms with Crippen molar-refractivity contribution >= 4 is 21.7 Å². The van der Waals surface area contributed by atoms with Crippen LogP contribution in [0.3, 0.4) is 0 Å². The lowest BCUT2D eigenvalue weighted by Crippen LogP contribution is -2.14. The Balaban J connectivity index is 1.81. The first-order valence-corrected chi connectivity index (χ1v) is 9.49. The van der Waals surface area contributed by atoms with E-state index < -0.39 is 10.0 Å². The molecule has 0 fully saturated rings. The van der Waals surface area contributed by atoms with Gasteiger partial charge in [-0.3, -0.25) is 0 Å². The largest absolute Gasteiger partial charge is 0.496 e. The molecule has 3 aromatic rings. The van der Waals surface area contributed by atoms with Crippen molar-refractivity contribution in [3.05, 3.63) is 66.4 Å². The van der Waals surface area contributed by atoms with Crippen molar-refractivity contribution in [1.82, 2.24) is 9.97 Å². The molecule has 0 aliphatic heterocycles. The van der Waals surface area contributed by atoms with Crippen LogP contribution in [0.4, 0.5) is 11.6 Å². The first-order valence-electron chi connectivity index (χ1n) is 7.77. The van der Waals surface area contributed by atoms with Crippen LogP contribution in [0.2, 0.25) is 0 Å². The van der Waals surface area contributed by atoms with Gasteiger partial charge in [-0.2, -0.15) is 0 Å². The zero-order valence-corrected chi connectivity index (χ0v) is 14.9. The Hall–Kier alpha value is -2.97. The molecule has 0 amide bonds. The van der Waals surface area contributed by atoms with E-state index in [-0.39, 0.29) is 5.75 Å². The van der Waals surface area contributed by atoms with Gasteiger partial charge in [0.1, 0.15) is 5.75 Å². The maximum Gasteiger partial charge on any atom is 0.227 e. The van der Waals surface area contributed by atoms with E-state index in [4.69, 9.17) is 9.88 Å². The quantitative estimate of drug-likeness (QED) is 0.691. The minimum atomic E-state index is -3.55. The Morgan fingerprint density at radius 2 is 1.81 bits per heavy atom. The summed E-state index contributed by atoms with van der Waals surface area (Å²) >= 11 is 0. The summed E-state index contributed by atoms with van der Waals surface area (Å²) in [6, 6.07) is 16.3. The van der Waals surface area contributed by atoms with Gasteiger partial charge in [-0.25, -0.2) is 23.5 Å². The predicted molar refractivity (Wildman–Crippen MR) is 101 cm³/mol. The third kappa shape index (κ3) is 4.56. The number of methoxy groups -OCH3 is 1. The maximum absolute atomic E-state index is 11.1. The van der Waals surface area contributed by atoms with Gasteiger partial charge in [-0.05, 0) is 35.9 Å². The van der Waals surface area contributed by atoms with Crippen LogP contribution in [0.1, 0.15) is 5.56 Å². The van der Waals surface area contributed by atoms with Gasteiger partial charge in [-0.15, -0.1) is 0 Å². The highest BCUT2D eigenvalue weighted by Gasteiger charge is 2.08. The number of primary sulfonamides is 1. The highest BCUT2D eigenvalue weighted by molar-refractivity contribution is 7.88. The van der Waals surface area contributed by atoms with Crippen molar-refractivity contribution < 1.29 is 13.2 Å². The second kappa shape index (κ2) is 7.51. The first kappa shape index (κ1) is 17.8. The molecular weight excluding hydrogens is 352 g/mol. The molecule has 0 saturated carbocycles. The topological polar surface area (TPSA) is 107 Å². The zero-order chi connectivity index (χ0) is 18.6. The molecular formula is C18H18N4O3S. The highest BCUT2D eigenvalue weighted by Crippen LogP contribution is 2.28.